The Bertz CT molecular complexity index is 1350. The monoisotopic (exact) mass is 494 g/mol. The largest absolute Gasteiger partial charge is 0.449 e. The molecule has 0 bridgehead atoms. The number of aryl methyl sites for hydroxylation is 1. The molecule has 1 atom stereocenters. The van der Waals surface area contributed by atoms with Crippen LogP contribution in [0.15, 0.2) is 72.9 Å². The van der Waals surface area contributed by atoms with Crippen LogP contribution in [0, 0.1) is 6.92 Å². The van der Waals surface area contributed by atoms with Crippen LogP contribution in [0.25, 0.3) is 6.08 Å². The van der Waals surface area contributed by atoms with Crippen molar-refractivity contribution in [2.45, 2.75) is 26.5 Å². The Kier molecular flexibility index (Phi) is 8.03. The fourth-order valence-electron chi connectivity index (χ4n) is 3.21. The van der Waals surface area contributed by atoms with Crippen molar-refractivity contribution in [3.63, 3.8) is 0 Å². The van der Waals surface area contributed by atoms with Crippen LogP contribution in [0.1, 0.15) is 44.5 Å². The Morgan fingerprint density at radius 2 is 1.63 bits per heavy atom. The van der Waals surface area contributed by atoms with Crippen LogP contribution in [0.4, 0.5) is 0 Å². The molecule has 0 unspecified atom stereocenters. The number of rotatable bonds is 9. The molecule has 1 aromatic heterocycles. The van der Waals surface area contributed by atoms with Crippen molar-refractivity contribution in [2.24, 2.45) is 0 Å². The number of sulfonamides is 1. The number of benzene rings is 2. The summed E-state index contributed by atoms with van der Waals surface area (Å²) in [5.41, 5.74) is 3.35. The van der Waals surface area contributed by atoms with E-state index in [1.165, 1.54) is 6.92 Å². The van der Waals surface area contributed by atoms with Crippen molar-refractivity contribution in [1.29, 1.82) is 0 Å². The molecule has 2 aromatic carbocycles. The van der Waals surface area contributed by atoms with E-state index in [0.29, 0.717) is 17.8 Å². The zero-order valence-electron chi connectivity index (χ0n) is 19.6. The van der Waals surface area contributed by atoms with Crippen molar-refractivity contribution in [3.8, 4) is 0 Å². The number of ketones is 1. The predicted octanol–water partition coefficient (Wildman–Crippen LogP) is 3.36. The third-order valence-corrected chi connectivity index (χ3v) is 5.65. The summed E-state index contributed by atoms with van der Waals surface area (Å²) in [5.74, 6) is -1.72. The van der Waals surface area contributed by atoms with E-state index in [9.17, 15) is 22.8 Å². The van der Waals surface area contributed by atoms with E-state index >= 15 is 0 Å². The first-order valence-electron chi connectivity index (χ1n) is 10.8. The Morgan fingerprint density at radius 3 is 2.26 bits per heavy atom. The number of carbonyl (C=O) groups is 3. The van der Waals surface area contributed by atoms with Gasteiger partial charge in [0.25, 0.3) is 5.91 Å². The molecular formula is C26H26N2O6S. The van der Waals surface area contributed by atoms with E-state index in [4.69, 9.17) is 4.74 Å². The fraction of sp³-hybridized carbons (Fsp3) is 0.192. The second kappa shape index (κ2) is 11.0. The highest BCUT2D eigenvalue weighted by molar-refractivity contribution is 7.89. The summed E-state index contributed by atoms with van der Waals surface area (Å²) in [6.07, 6.45) is 5.17. The minimum atomic E-state index is -3.74. The van der Waals surface area contributed by atoms with E-state index in [-0.39, 0.29) is 11.3 Å². The number of hydrogen-bond donors (Lipinski definition) is 1. The van der Waals surface area contributed by atoms with Gasteiger partial charge in [-0.2, -0.15) is 0 Å². The van der Waals surface area contributed by atoms with Crippen molar-refractivity contribution in [3.05, 3.63) is 101 Å². The van der Waals surface area contributed by atoms with E-state index in [1.807, 2.05) is 60.2 Å². The van der Waals surface area contributed by atoms with Gasteiger partial charge in [-0.1, -0.05) is 54.1 Å². The fourth-order valence-corrected chi connectivity index (χ4v) is 3.74. The van der Waals surface area contributed by atoms with E-state index < -0.39 is 28.0 Å². The third-order valence-electron chi connectivity index (χ3n) is 5.07. The molecule has 9 heteroatoms. The van der Waals surface area contributed by atoms with Crippen LogP contribution < -0.4 is 4.72 Å². The van der Waals surface area contributed by atoms with Gasteiger partial charge in [-0.3, -0.25) is 14.3 Å². The summed E-state index contributed by atoms with van der Waals surface area (Å²) < 4.78 is 30.9. The average molecular weight is 495 g/mol. The van der Waals surface area contributed by atoms with Gasteiger partial charge in [0, 0.05) is 18.3 Å². The number of aromatic nitrogens is 1. The molecule has 182 valence electrons. The zero-order chi connectivity index (χ0) is 25.6. The van der Waals surface area contributed by atoms with Gasteiger partial charge in [-0.05, 0) is 43.7 Å². The van der Waals surface area contributed by atoms with Crippen molar-refractivity contribution >= 4 is 33.8 Å². The summed E-state index contributed by atoms with van der Waals surface area (Å²) in [7, 11) is -3.74. The minimum absolute atomic E-state index is 0.0503. The smallest absolute Gasteiger partial charge is 0.338 e. The maximum absolute atomic E-state index is 12.8. The summed E-state index contributed by atoms with van der Waals surface area (Å²) in [5, 5.41) is 0. The first-order chi connectivity index (χ1) is 16.5. The summed E-state index contributed by atoms with van der Waals surface area (Å²) >= 11 is 0. The normalized spacial score (nSPS) is 12.3. The molecular weight excluding hydrogens is 468 g/mol. The van der Waals surface area contributed by atoms with Gasteiger partial charge < -0.3 is 9.30 Å². The molecule has 35 heavy (non-hydrogen) atoms. The molecule has 0 radical (unpaired) electrons. The SMILES string of the molecule is Cc1ccc(C(=O)c2cccn2CC=Cc2ccc(C(=O)O[C@@H](C)C(=O)NS(C)(=O)=O)cc2)cc1. The number of ether oxygens (including phenoxy) is 1. The highest BCUT2D eigenvalue weighted by Crippen LogP contribution is 2.13. The van der Waals surface area contributed by atoms with Gasteiger partial charge in [-0.15, -0.1) is 0 Å². The Morgan fingerprint density at radius 1 is 1.00 bits per heavy atom. The lowest BCUT2D eigenvalue weighted by Gasteiger charge is -2.12. The molecule has 3 aromatic rings. The molecule has 0 fully saturated rings. The van der Waals surface area contributed by atoms with Crippen LogP contribution in [-0.2, 0) is 26.1 Å². The molecule has 0 aliphatic rings. The Hall–Kier alpha value is -3.98. The molecule has 1 amide bonds. The van der Waals surface area contributed by atoms with E-state index in [2.05, 4.69) is 0 Å². The van der Waals surface area contributed by atoms with Gasteiger partial charge in [-0.25, -0.2) is 13.2 Å². The molecule has 8 nitrogen and oxygen atoms in total. The van der Waals surface area contributed by atoms with Gasteiger partial charge in [0.05, 0.1) is 17.5 Å². The highest BCUT2D eigenvalue weighted by atomic mass is 32.2. The minimum Gasteiger partial charge on any atom is -0.449 e. The number of carbonyl (C=O) groups excluding carboxylic acids is 3. The predicted molar refractivity (Wildman–Crippen MR) is 132 cm³/mol. The zero-order valence-corrected chi connectivity index (χ0v) is 20.4. The van der Waals surface area contributed by atoms with Crippen LogP contribution >= 0.6 is 0 Å². The summed E-state index contributed by atoms with van der Waals surface area (Å²) in [6, 6.07) is 17.6. The van der Waals surface area contributed by atoms with E-state index in [1.54, 1.807) is 35.1 Å². The van der Waals surface area contributed by atoms with Crippen LogP contribution in [0.3, 0.4) is 0 Å². The topological polar surface area (TPSA) is 112 Å². The number of esters is 1. The molecule has 0 saturated heterocycles. The third kappa shape index (κ3) is 7.25. The maximum atomic E-state index is 12.8. The van der Waals surface area contributed by atoms with Crippen LogP contribution in [0.5, 0.6) is 0 Å². The summed E-state index contributed by atoms with van der Waals surface area (Å²) in [4.78, 5) is 36.8. The molecule has 0 aliphatic carbocycles. The second-order valence-corrected chi connectivity index (χ2v) is 9.80. The quantitative estimate of drug-likeness (QED) is 0.361. The number of allylic oxidation sites excluding steroid dienone is 1. The van der Waals surface area contributed by atoms with Crippen LogP contribution in [0.2, 0.25) is 0 Å². The lowest BCUT2D eigenvalue weighted by atomic mass is 10.1. The molecule has 1 N–H and O–H groups in total. The lowest BCUT2D eigenvalue weighted by Crippen LogP contribution is -2.38. The first-order valence-corrected chi connectivity index (χ1v) is 12.7. The number of nitrogens with one attached hydrogen (secondary N) is 1. The standard InChI is InChI=1S/C26H26N2O6S/c1-18-8-12-21(13-9-18)24(29)23-7-5-17-28(23)16-4-6-20-10-14-22(15-11-20)26(31)34-19(2)25(30)27-35(3,32)33/h4-15,17,19H,16H2,1-3H3,(H,27,30)/t19-/m0/s1. The molecule has 0 saturated carbocycles. The van der Waals surface area contributed by atoms with E-state index in [0.717, 1.165) is 17.4 Å². The van der Waals surface area contributed by atoms with Gasteiger partial charge in [0.1, 0.15) is 0 Å². The van der Waals surface area contributed by atoms with Gasteiger partial charge >= 0.3 is 5.97 Å². The van der Waals surface area contributed by atoms with Crippen molar-refractivity contribution < 1.29 is 27.5 Å². The highest BCUT2D eigenvalue weighted by Gasteiger charge is 2.21. The van der Waals surface area contributed by atoms with Crippen molar-refractivity contribution in [1.82, 2.24) is 9.29 Å². The Labute approximate surface area is 204 Å². The van der Waals surface area contributed by atoms with Gasteiger partial charge in [0.15, 0.2) is 6.10 Å². The first kappa shape index (κ1) is 25.6. The molecule has 3 rings (SSSR count). The number of hydrogen-bond acceptors (Lipinski definition) is 6. The van der Waals surface area contributed by atoms with Crippen molar-refractivity contribution in [2.75, 3.05) is 6.26 Å². The summed E-state index contributed by atoms with van der Waals surface area (Å²) in [6.45, 7) is 3.74. The van der Waals surface area contributed by atoms with Crippen LogP contribution in [-0.4, -0.2) is 43.0 Å². The lowest BCUT2D eigenvalue weighted by molar-refractivity contribution is -0.127. The molecule has 0 spiro atoms. The average Bonchev–Trinajstić information content (AvgIpc) is 3.27. The Balaban J connectivity index is 1.59. The second-order valence-electron chi connectivity index (χ2n) is 8.05. The maximum Gasteiger partial charge on any atom is 0.338 e. The molecule has 1 heterocycles. The number of amides is 1. The van der Waals surface area contributed by atoms with Gasteiger partial charge in [0.2, 0.25) is 15.8 Å². The molecule has 0 aliphatic heterocycles. The number of nitrogens with zero attached hydrogens (tertiary/aromatic N) is 1.